The molecule has 1 fully saturated rings. The summed E-state index contributed by atoms with van der Waals surface area (Å²) in [4.78, 5) is 0. The summed E-state index contributed by atoms with van der Waals surface area (Å²) in [5.41, 5.74) is 7.64. The van der Waals surface area contributed by atoms with Gasteiger partial charge in [0.05, 0.1) is 4.34 Å². The smallest absolute Gasteiger partial charge is 0.0931 e. The van der Waals surface area contributed by atoms with E-state index in [0.717, 1.165) is 17.3 Å². The second kappa shape index (κ2) is 4.21. The van der Waals surface area contributed by atoms with E-state index in [9.17, 15) is 0 Å². The number of halogens is 1. The third-order valence-electron chi connectivity index (χ3n) is 3.30. The molecule has 14 heavy (non-hydrogen) atoms. The van der Waals surface area contributed by atoms with Gasteiger partial charge in [0.15, 0.2) is 0 Å². The van der Waals surface area contributed by atoms with E-state index in [-0.39, 0.29) is 0 Å². The summed E-state index contributed by atoms with van der Waals surface area (Å²) in [5.74, 6) is 0. The predicted octanol–water partition coefficient (Wildman–Crippen LogP) is 3.46. The molecule has 1 saturated carbocycles. The molecule has 1 nitrogen and oxygen atoms in total. The Hall–Kier alpha value is -0.0500. The number of hydrogen-bond donors (Lipinski definition) is 1. The second-order valence-corrected chi connectivity index (χ2v) is 5.89. The fourth-order valence-corrected chi connectivity index (χ4v) is 3.36. The summed E-state index contributed by atoms with van der Waals surface area (Å²) in [5, 5.41) is 2.16. The van der Waals surface area contributed by atoms with Gasteiger partial charge >= 0.3 is 0 Å². The molecule has 0 atom stereocenters. The summed E-state index contributed by atoms with van der Waals surface area (Å²) in [6.45, 7) is 0.820. The maximum atomic E-state index is 5.92. The van der Waals surface area contributed by atoms with Crippen LogP contribution in [0.25, 0.3) is 0 Å². The van der Waals surface area contributed by atoms with E-state index >= 15 is 0 Å². The number of rotatable bonds is 3. The molecule has 3 heteroatoms. The van der Waals surface area contributed by atoms with E-state index in [1.165, 1.54) is 31.2 Å². The van der Waals surface area contributed by atoms with Gasteiger partial charge in [-0.15, -0.1) is 11.3 Å². The quantitative estimate of drug-likeness (QED) is 0.844. The van der Waals surface area contributed by atoms with Gasteiger partial charge in [0.2, 0.25) is 0 Å². The highest BCUT2D eigenvalue weighted by atomic mass is 35.5. The third-order valence-corrected chi connectivity index (χ3v) is 4.44. The standard InChI is InChI=1S/C11H16ClNS/c12-10-5-9(7-14-10)6-11(8-13)3-1-2-4-11/h5,7H,1-4,6,8,13H2. The Balaban J connectivity index is 2.08. The Morgan fingerprint density at radius 3 is 2.64 bits per heavy atom. The third kappa shape index (κ3) is 2.13. The Bertz CT molecular complexity index is 302. The first-order valence-corrected chi connectivity index (χ1v) is 6.43. The molecular weight excluding hydrogens is 214 g/mol. The second-order valence-electron chi connectivity index (χ2n) is 4.35. The van der Waals surface area contributed by atoms with Crippen LogP contribution in [0, 0.1) is 5.41 Å². The molecule has 0 amide bonds. The Kier molecular flexibility index (Phi) is 3.15. The molecule has 1 aliphatic rings. The van der Waals surface area contributed by atoms with Crippen molar-refractivity contribution in [2.45, 2.75) is 32.1 Å². The molecule has 0 bridgehead atoms. The van der Waals surface area contributed by atoms with Gasteiger partial charge < -0.3 is 5.73 Å². The van der Waals surface area contributed by atoms with Gasteiger partial charge in [-0.1, -0.05) is 24.4 Å². The van der Waals surface area contributed by atoms with Crippen LogP contribution in [0.3, 0.4) is 0 Å². The van der Waals surface area contributed by atoms with Crippen molar-refractivity contribution in [1.82, 2.24) is 0 Å². The van der Waals surface area contributed by atoms with Crippen molar-refractivity contribution >= 4 is 22.9 Å². The lowest BCUT2D eigenvalue weighted by molar-refractivity contribution is 0.307. The fourth-order valence-electron chi connectivity index (χ4n) is 2.45. The van der Waals surface area contributed by atoms with Crippen molar-refractivity contribution in [1.29, 1.82) is 0 Å². The zero-order chi connectivity index (χ0) is 10.0. The molecule has 2 N–H and O–H groups in total. The molecule has 1 aromatic rings. The lowest BCUT2D eigenvalue weighted by Crippen LogP contribution is -2.29. The summed E-state index contributed by atoms with van der Waals surface area (Å²) in [6, 6.07) is 2.09. The maximum absolute atomic E-state index is 5.92. The number of thiophene rings is 1. The minimum atomic E-state index is 0.379. The van der Waals surface area contributed by atoms with Gasteiger partial charge in [-0.3, -0.25) is 0 Å². The highest BCUT2D eigenvalue weighted by molar-refractivity contribution is 7.14. The van der Waals surface area contributed by atoms with Crippen LogP contribution in [0.15, 0.2) is 11.4 Å². The average molecular weight is 230 g/mol. The van der Waals surface area contributed by atoms with E-state index in [2.05, 4.69) is 11.4 Å². The SMILES string of the molecule is NCC1(Cc2csc(Cl)c2)CCCC1. The monoisotopic (exact) mass is 229 g/mol. The minimum Gasteiger partial charge on any atom is -0.330 e. The summed E-state index contributed by atoms with van der Waals surface area (Å²) < 4.78 is 0.894. The van der Waals surface area contributed by atoms with Crippen molar-refractivity contribution in [2.75, 3.05) is 6.54 Å². The van der Waals surface area contributed by atoms with Crippen molar-refractivity contribution in [2.24, 2.45) is 11.1 Å². The largest absolute Gasteiger partial charge is 0.330 e. The Morgan fingerprint density at radius 1 is 1.43 bits per heavy atom. The molecule has 1 aromatic heterocycles. The molecule has 2 rings (SSSR count). The van der Waals surface area contributed by atoms with Gasteiger partial charge in [0, 0.05) is 0 Å². The first kappa shape index (κ1) is 10.5. The van der Waals surface area contributed by atoms with Crippen LogP contribution in [-0.2, 0) is 6.42 Å². The van der Waals surface area contributed by atoms with Crippen molar-refractivity contribution < 1.29 is 0 Å². The molecule has 78 valence electrons. The van der Waals surface area contributed by atoms with Crippen molar-refractivity contribution in [3.8, 4) is 0 Å². The zero-order valence-electron chi connectivity index (χ0n) is 8.26. The van der Waals surface area contributed by atoms with Gasteiger partial charge in [0.1, 0.15) is 0 Å². The van der Waals surface area contributed by atoms with Gasteiger partial charge in [0.25, 0.3) is 0 Å². The number of nitrogens with two attached hydrogens (primary N) is 1. The maximum Gasteiger partial charge on any atom is 0.0931 e. The van der Waals surface area contributed by atoms with E-state index < -0.39 is 0 Å². The van der Waals surface area contributed by atoms with Gasteiger partial charge in [-0.05, 0) is 48.2 Å². The number of hydrogen-bond acceptors (Lipinski definition) is 2. The molecule has 0 unspecified atom stereocenters. The molecule has 1 heterocycles. The normalized spacial score (nSPS) is 20.1. The van der Waals surface area contributed by atoms with Crippen LogP contribution in [0.1, 0.15) is 31.2 Å². The summed E-state index contributed by atoms with van der Waals surface area (Å²) in [6.07, 6.45) is 6.38. The van der Waals surface area contributed by atoms with Crippen LogP contribution >= 0.6 is 22.9 Å². The van der Waals surface area contributed by atoms with Crippen molar-refractivity contribution in [3.05, 3.63) is 21.3 Å². The van der Waals surface area contributed by atoms with Gasteiger partial charge in [-0.2, -0.15) is 0 Å². The molecule has 1 aliphatic carbocycles. The van der Waals surface area contributed by atoms with E-state index in [1.807, 2.05) is 0 Å². The predicted molar refractivity (Wildman–Crippen MR) is 63.0 cm³/mol. The molecule has 0 radical (unpaired) electrons. The lowest BCUT2D eigenvalue weighted by atomic mass is 9.81. The topological polar surface area (TPSA) is 26.0 Å². The van der Waals surface area contributed by atoms with Crippen LogP contribution in [0.4, 0.5) is 0 Å². The van der Waals surface area contributed by atoms with Crippen LogP contribution in [-0.4, -0.2) is 6.54 Å². The first-order chi connectivity index (χ1) is 6.74. The highest BCUT2D eigenvalue weighted by Gasteiger charge is 2.32. The highest BCUT2D eigenvalue weighted by Crippen LogP contribution is 2.40. The molecule has 0 aliphatic heterocycles. The Labute approximate surface area is 94.3 Å². The average Bonchev–Trinajstić information content (AvgIpc) is 2.77. The lowest BCUT2D eigenvalue weighted by Gasteiger charge is -2.26. The van der Waals surface area contributed by atoms with Crippen LogP contribution in [0.2, 0.25) is 4.34 Å². The first-order valence-electron chi connectivity index (χ1n) is 5.17. The summed E-state index contributed by atoms with van der Waals surface area (Å²) >= 11 is 7.54. The van der Waals surface area contributed by atoms with E-state index in [1.54, 1.807) is 11.3 Å². The fraction of sp³-hybridized carbons (Fsp3) is 0.636. The minimum absolute atomic E-state index is 0.379. The Morgan fingerprint density at radius 2 is 2.14 bits per heavy atom. The van der Waals surface area contributed by atoms with Crippen LogP contribution in [0.5, 0.6) is 0 Å². The van der Waals surface area contributed by atoms with Crippen LogP contribution < -0.4 is 5.73 Å². The zero-order valence-corrected chi connectivity index (χ0v) is 9.83. The van der Waals surface area contributed by atoms with E-state index in [4.69, 9.17) is 17.3 Å². The summed E-state index contributed by atoms with van der Waals surface area (Å²) in [7, 11) is 0. The van der Waals surface area contributed by atoms with E-state index in [0.29, 0.717) is 5.41 Å². The molecular formula is C11H16ClNS. The van der Waals surface area contributed by atoms with Gasteiger partial charge in [-0.25, -0.2) is 0 Å². The molecule has 0 saturated heterocycles. The van der Waals surface area contributed by atoms with Crippen molar-refractivity contribution in [3.63, 3.8) is 0 Å². The molecule has 0 spiro atoms. The molecule has 0 aromatic carbocycles.